The van der Waals surface area contributed by atoms with Crippen LogP contribution in [0.3, 0.4) is 0 Å². The first kappa shape index (κ1) is 27.0. The third-order valence-electron chi connectivity index (χ3n) is 5.34. The summed E-state index contributed by atoms with van der Waals surface area (Å²) in [5.74, 6) is 0. The standard InChI is InChI=1S/C20H41NO5.ClH/c1-2-3-4-5-6-7-10-13-26-14-11-8-9-12-21-15-18(23)20(25)19(24)17(21)16-22;/h17-20,22-25H,2-16H2,1H3;1H/t17-,18+,19-,20-;/m0./s1. The molecule has 1 fully saturated rings. The van der Waals surface area contributed by atoms with Gasteiger partial charge in [-0.3, -0.25) is 4.90 Å². The number of rotatable bonds is 15. The van der Waals surface area contributed by atoms with E-state index < -0.39 is 24.4 Å². The van der Waals surface area contributed by atoms with E-state index in [0.717, 1.165) is 38.9 Å². The monoisotopic (exact) mass is 411 g/mol. The molecule has 0 bridgehead atoms. The van der Waals surface area contributed by atoms with Crippen molar-refractivity contribution in [2.45, 2.75) is 95.5 Å². The molecule has 0 saturated carbocycles. The fourth-order valence-corrected chi connectivity index (χ4v) is 3.59. The molecule has 0 unspecified atom stereocenters. The summed E-state index contributed by atoms with van der Waals surface area (Å²) in [4.78, 5) is 1.88. The predicted molar refractivity (Wildman–Crippen MR) is 110 cm³/mol. The quantitative estimate of drug-likeness (QED) is 0.308. The predicted octanol–water partition coefficient (Wildman–Crippen LogP) is 2.10. The number of ether oxygens (including phenoxy) is 1. The summed E-state index contributed by atoms with van der Waals surface area (Å²) in [6.07, 6.45) is 8.78. The van der Waals surface area contributed by atoms with Gasteiger partial charge >= 0.3 is 0 Å². The fourth-order valence-electron chi connectivity index (χ4n) is 3.59. The first-order valence-electron chi connectivity index (χ1n) is 10.6. The van der Waals surface area contributed by atoms with Gasteiger partial charge in [-0.05, 0) is 32.2 Å². The summed E-state index contributed by atoms with van der Waals surface area (Å²) < 4.78 is 5.68. The van der Waals surface area contributed by atoms with Crippen LogP contribution in [0.25, 0.3) is 0 Å². The molecule has 1 rings (SSSR count). The van der Waals surface area contributed by atoms with Crippen molar-refractivity contribution in [1.29, 1.82) is 0 Å². The van der Waals surface area contributed by atoms with Crippen LogP contribution in [0.4, 0.5) is 0 Å². The van der Waals surface area contributed by atoms with E-state index in [0.29, 0.717) is 6.54 Å². The molecule has 1 saturated heterocycles. The number of hydrogen-bond acceptors (Lipinski definition) is 6. The Morgan fingerprint density at radius 2 is 1.37 bits per heavy atom. The van der Waals surface area contributed by atoms with Crippen LogP contribution in [-0.4, -0.2) is 82.6 Å². The minimum atomic E-state index is -1.18. The molecular formula is C20H42ClNO5. The number of aliphatic hydroxyl groups is 4. The SMILES string of the molecule is CCCCCCCCCOCCCCCN1C[C@@H](O)[C@H](O)[C@@H](O)[C@@H]1CO.Cl. The van der Waals surface area contributed by atoms with Gasteiger partial charge in [0.15, 0.2) is 0 Å². The number of aliphatic hydroxyl groups excluding tert-OH is 4. The molecule has 7 heteroatoms. The lowest BCUT2D eigenvalue weighted by Gasteiger charge is -2.43. The van der Waals surface area contributed by atoms with Crippen LogP contribution < -0.4 is 0 Å². The number of piperidine rings is 1. The van der Waals surface area contributed by atoms with Crippen molar-refractivity contribution < 1.29 is 25.2 Å². The smallest absolute Gasteiger partial charge is 0.109 e. The highest BCUT2D eigenvalue weighted by atomic mass is 35.5. The number of unbranched alkanes of at least 4 members (excludes halogenated alkanes) is 8. The molecule has 0 aromatic carbocycles. The number of hydrogen-bond donors (Lipinski definition) is 4. The van der Waals surface area contributed by atoms with Crippen molar-refractivity contribution >= 4 is 12.4 Å². The highest BCUT2D eigenvalue weighted by molar-refractivity contribution is 5.85. The first-order chi connectivity index (χ1) is 12.6. The normalized spacial score (nSPS) is 26.1. The third-order valence-corrected chi connectivity index (χ3v) is 5.34. The molecule has 4 atom stereocenters. The minimum Gasteiger partial charge on any atom is -0.395 e. The summed E-state index contributed by atoms with van der Waals surface area (Å²) in [5.41, 5.74) is 0. The van der Waals surface area contributed by atoms with Crippen molar-refractivity contribution in [3.63, 3.8) is 0 Å². The highest BCUT2D eigenvalue weighted by Crippen LogP contribution is 2.19. The molecule has 164 valence electrons. The average Bonchev–Trinajstić information content (AvgIpc) is 2.63. The summed E-state index contributed by atoms with van der Waals surface area (Å²) in [6.45, 7) is 4.64. The number of nitrogens with zero attached hydrogens (tertiary/aromatic N) is 1. The summed E-state index contributed by atoms with van der Waals surface area (Å²) in [6, 6.07) is -0.498. The Morgan fingerprint density at radius 3 is 1.96 bits per heavy atom. The number of likely N-dealkylation sites (tertiary alicyclic amines) is 1. The van der Waals surface area contributed by atoms with E-state index in [4.69, 9.17) is 4.74 Å². The molecule has 6 nitrogen and oxygen atoms in total. The molecule has 1 heterocycles. The Bertz CT molecular complexity index is 337. The van der Waals surface area contributed by atoms with Crippen LogP contribution in [0.1, 0.15) is 71.1 Å². The Balaban J connectivity index is 0.00000676. The van der Waals surface area contributed by atoms with Gasteiger partial charge in [0, 0.05) is 19.8 Å². The van der Waals surface area contributed by atoms with Crippen LogP contribution in [0.2, 0.25) is 0 Å². The molecule has 0 aromatic rings. The largest absolute Gasteiger partial charge is 0.395 e. The topological polar surface area (TPSA) is 93.4 Å². The van der Waals surface area contributed by atoms with Crippen molar-refractivity contribution in [2.75, 3.05) is 32.9 Å². The second-order valence-electron chi connectivity index (χ2n) is 7.59. The number of β-amino-alcohol motifs (C(OH)–C–C–N with tert-alkyl or cyclic N) is 1. The average molecular weight is 412 g/mol. The second kappa shape index (κ2) is 17.0. The molecule has 1 aliphatic rings. The van der Waals surface area contributed by atoms with Crippen molar-refractivity contribution in [1.82, 2.24) is 4.90 Å². The Kier molecular flexibility index (Phi) is 17.0. The molecule has 0 aliphatic carbocycles. The summed E-state index contributed by atoms with van der Waals surface area (Å²) >= 11 is 0. The minimum absolute atomic E-state index is 0. The zero-order chi connectivity index (χ0) is 19.2. The molecule has 0 radical (unpaired) electrons. The Labute approximate surface area is 171 Å². The lowest BCUT2D eigenvalue weighted by Crippen LogP contribution is -2.62. The fraction of sp³-hybridized carbons (Fsp3) is 1.00. The van der Waals surface area contributed by atoms with Crippen molar-refractivity contribution in [2.24, 2.45) is 0 Å². The van der Waals surface area contributed by atoms with Gasteiger partial charge in [-0.15, -0.1) is 12.4 Å². The molecule has 1 aliphatic heterocycles. The maximum absolute atomic E-state index is 9.95. The lowest BCUT2D eigenvalue weighted by molar-refractivity contribution is -0.145. The van der Waals surface area contributed by atoms with Crippen LogP contribution in [0.5, 0.6) is 0 Å². The van der Waals surface area contributed by atoms with E-state index in [2.05, 4.69) is 6.92 Å². The van der Waals surface area contributed by atoms with Gasteiger partial charge in [-0.25, -0.2) is 0 Å². The van der Waals surface area contributed by atoms with E-state index in [-0.39, 0.29) is 25.6 Å². The Hall–Kier alpha value is 0.0500. The molecule has 4 N–H and O–H groups in total. The lowest BCUT2D eigenvalue weighted by atomic mass is 9.94. The van der Waals surface area contributed by atoms with Crippen LogP contribution >= 0.6 is 12.4 Å². The third kappa shape index (κ3) is 11.0. The van der Waals surface area contributed by atoms with Crippen LogP contribution in [0, 0.1) is 0 Å². The highest BCUT2D eigenvalue weighted by Gasteiger charge is 2.40. The second-order valence-corrected chi connectivity index (χ2v) is 7.59. The van der Waals surface area contributed by atoms with E-state index in [1.807, 2.05) is 4.90 Å². The van der Waals surface area contributed by atoms with Gasteiger partial charge in [0.05, 0.1) is 18.8 Å². The van der Waals surface area contributed by atoms with E-state index in [1.54, 1.807) is 0 Å². The summed E-state index contributed by atoms with van der Waals surface area (Å²) in [5, 5.41) is 38.9. The van der Waals surface area contributed by atoms with Crippen LogP contribution in [-0.2, 0) is 4.74 Å². The Morgan fingerprint density at radius 1 is 0.815 bits per heavy atom. The maximum atomic E-state index is 9.95. The van der Waals surface area contributed by atoms with E-state index in [9.17, 15) is 20.4 Å². The first-order valence-corrected chi connectivity index (χ1v) is 10.6. The van der Waals surface area contributed by atoms with Crippen LogP contribution in [0.15, 0.2) is 0 Å². The molecule has 0 amide bonds. The molecule has 27 heavy (non-hydrogen) atoms. The molecule has 0 aromatic heterocycles. The number of halogens is 1. The van der Waals surface area contributed by atoms with Gasteiger partial charge in [-0.2, -0.15) is 0 Å². The van der Waals surface area contributed by atoms with Gasteiger partial charge in [0.1, 0.15) is 12.2 Å². The van der Waals surface area contributed by atoms with Crippen molar-refractivity contribution in [3.05, 3.63) is 0 Å². The van der Waals surface area contributed by atoms with Gasteiger partial charge < -0.3 is 25.2 Å². The van der Waals surface area contributed by atoms with Gasteiger partial charge in [-0.1, -0.05) is 45.4 Å². The van der Waals surface area contributed by atoms with E-state index >= 15 is 0 Å². The molecule has 0 spiro atoms. The van der Waals surface area contributed by atoms with Crippen molar-refractivity contribution in [3.8, 4) is 0 Å². The van der Waals surface area contributed by atoms with Gasteiger partial charge in [0.25, 0.3) is 0 Å². The zero-order valence-corrected chi connectivity index (χ0v) is 17.8. The van der Waals surface area contributed by atoms with E-state index in [1.165, 1.54) is 38.5 Å². The van der Waals surface area contributed by atoms with Gasteiger partial charge in [0.2, 0.25) is 0 Å². The maximum Gasteiger partial charge on any atom is 0.109 e. The summed E-state index contributed by atoms with van der Waals surface area (Å²) in [7, 11) is 0. The molecular weight excluding hydrogens is 370 g/mol. The zero-order valence-electron chi connectivity index (χ0n) is 17.0.